The Hall–Kier alpha value is -2.04. The van der Waals surface area contributed by atoms with Crippen LogP contribution in [0.1, 0.15) is 31.7 Å². The summed E-state index contributed by atoms with van der Waals surface area (Å²) in [7, 11) is 0. The molecular formula is C15H20N2O3. The van der Waals surface area contributed by atoms with Crippen molar-refractivity contribution in [2.24, 2.45) is 0 Å². The lowest BCUT2D eigenvalue weighted by atomic mass is 10.0. The van der Waals surface area contributed by atoms with Crippen LogP contribution >= 0.6 is 0 Å². The standard InChI is InChI=1S/C15H20N2O3/c1-2-16-14(18)4-3-9-20-12-6-7-13-11(10-12)5-8-15(19)17-13/h6-7,10H,2-5,8-9H2,1H3,(H,16,18)(H,17,19). The number of carbonyl (C=O) groups is 2. The molecule has 2 amide bonds. The number of hydrogen-bond acceptors (Lipinski definition) is 3. The van der Waals surface area contributed by atoms with E-state index in [1.54, 1.807) is 0 Å². The molecule has 1 heterocycles. The molecule has 0 atom stereocenters. The number of rotatable bonds is 6. The number of ether oxygens (including phenoxy) is 1. The molecule has 0 aliphatic carbocycles. The minimum absolute atomic E-state index is 0.0595. The molecule has 1 aliphatic rings. The Bertz CT molecular complexity index is 500. The van der Waals surface area contributed by atoms with Gasteiger partial charge in [-0.05, 0) is 43.5 Å². The number of hydrogen-bond donors (Lipinski definition) is 2. The SMILES string of the molecule is CCNC(=O)CCCOc1ccc2c(c1)CCC(=O)N2. The van der Waals surface area contributed by atoms with Crippen LogP contribution in [0, 0.1) is 0 Å². The van der Waals surface area contributed by atoms with Crippen molar-refractivity contribution in [3.63, 3.8) is 0 Å². The Kier molecular flexibility index (Phi) is 4.98. The topological polar surface area (TPSA) is 67.4 Å². The largest absolute Gasteiger partial charge is 0.494 e. The molecule has 0 saturated heterocycles. The average molecular weight is 276 g/mol. The van der Waals surface area contributed by atoms with E-state index in [-0.39, 0.29) is 11.8 Å². The third-order valence-electron chi connectivity index (χ3n) is 3.16. The highest BCUT2D eigenvalue weighted by atomic mass is 16.5. The summed E-state index contributed by atoms with van der Waals surface area (Å²) in [6.45, 7) is 3.08. The molecule has 1 aromatic carbocycles. The zero-order valence-corrected chi connectivity index (χ0v) is 11.7. The van der Waals surface area contributed by atoms with Crippen LogP contribution < -0.4 is 15.4 Å². The quantitative estimate of drug-likeness (QED) is 0.779. The molecule has 0 saturated carbocycles. The number of benzene rings is 1. The van der Waals surface area contributed by atoms with Gasteiger partial charge in [0.2, 0.25) is 11.8 Å². The Morgan fingerprint density at radius 1 is 1.40 bits per heavy atom. The molecule has 1 aromatic rings. The number of aryl methyl sites for hydroxylation is 1. The second kappa shape index (κ2) is 6.93. The molecule has 108 valence electrons. The van der Waals surface area contributed by atoms with Crippen LogP contribution in [-0.4, -0.2) is 25.0 Å². The van der Waals surface area contributed by atoms with Crippen molar-refractivity contribution < 1.29 is 14.3 Å². The van der Waals surface area contributed by atoms with E-state index in [0.717, 1.165) is 23.4 Å². The highest BCUT2D eigenvalue weighted by Crippen LogP contribution is 2.26. The third-order valence-corrected chi connectivity index (χ3v) is 3.16. The third kappa shape index (κ3) is 3.98. The summed E-state index contributed by atoms with van der Waals surface area (Å²) in [5.74, 6) is 0.910. The fraction of sp³-hybridized carbons (Fsp3) is 0.467. The van der Waals surface area contributed by atoms with Gasteiger partial charge in [-0.1, -0.05) is 0 Å². The van der Waals surface area contributed by atoms with Gasteiger partial charge in [0.25, 0.3) is 0 Å². The number of carbonyl (C=O) groups excluding carboxylic acids is 2. The number of anilines is 1. The number of amides is 2. The second-order valence-corrected chi connectivity index (χ2v) is 4.77. The van der Waals surface area contributed by atoms with E-state index in [1.807, 2.05) is 25.1 Å². The highest BCUT2D eigenvalue weighted by molar-refractivity contribution is 5.93. The Morgan fingerprint density at radius 2 is 2.25 bits per heavy atom. The fourth-order valence-electron chi connectivity index (χ4n) is 2.16. The number of fused-ring (bicyclic) bond motifs is 1. The first kappa shape index (κ1) is 14.4. The molecule has 2 rings (SSSR count). The molecule has 0 radical (unpaired) electrons. The van der Waals surface area contributed by atoms with Gasteiger partial charge >= 0.3 is 0 Å². The fourth-order valence-corrected chi connectivity index (χ4v) is 2.16. The van der Waals surface area contributed by atoms with Crippen LogP contribution in [0.2, 0.25) is 0 Å². The van der Waals surface area contributed by atoms with E-state index in [9.17, 15) is 9.59 Å². The lowest BCUT2D eigenvalue weighted by molar-refractivity contribution is -0.121. The normalized spacial score (nSPS) is 13.3. The summed E-state index contributed by atoms with van der Waals surface area (Å²) < 4.78 is 5.63. The molecule has 0 unspecified atom stereocenters. The van der Waals surface area contributed by atoms with Gasteiger partial charge < -0.3 is 15.4 Å². The summed E-state index contributed by atoms with van der Waals surface area (Å²) in [4.78, 5) is 22.5. The maximum absolute atomic E-state index is 11.3. The zero-order valence-electron chi connectivity index (χ0n) is 11.7. The molecule has 5 nitrogen and oxygen atoms in total. The van der Waals surface area contributed by atoms with Crippen LogP contribution in [0.4, 0.5) is 5.69 Å². The van der Waals surface area contributed by atoms with Crippen LogP contribution in [0.25, 0.3) is 0 Å². The van der Waals surface area contributed by atoms with Crippen LogP contribution in [0.15, 0.2) is 18.2 Å². The lowest BCUT2D eigenvalue weighted by Gasteiger charge is -2.17. The van der Waals surface area contributed by atoms with E-state index in [2.05, 4.69) is 10.6 Å². The average Bonchev–Trinajstić information content (AvgIpc) is 2.44. The van der Waals surface area contributed by atoms with Gasteiger partial charge in [-0.25, -0.2) is 0 Å². The van der Waals surface area contributed by atoms with Crippen molar-refractivity contribution in [3.8, 4) is 5.75 Å². The summed E-state index contributed by atoms with van der Waals surface area (Å²) in [5, 5.41) is 5.59. The maximum atomic E-state index is 11.3. The molecule has 20 heavy (non-hydrogen) atoms. The highest BCUT2D eigenvalue weighted by Gasteiger charge is 2.14. The van der Waals surface area contributed by atoms with Crippen molar-refractivity contribution in [2.75, 3.05) is 18.5 Å². The smallest absolute Gasteiger partial charge is 0.224 e. The van der Waals surface area contributed by atoms with E-state index < -0.39 is 0 Å². The Balaban J connectivity index is 1.79. The first-order chi connectivity index (χ1) is 9.69. The second-order valence-electron chi connectivity index (χ2n) is 4.77. The van der Waals surface area contributed by atoms with E-state index in [0.29, 0.717) is 32.4 Å². The minimum Gasteiger partial charge on any atom is -0.494 e. The van der Waals surface area contributed by atoms with Crippen LogP contribution in [-0.2, 0) is 16.0 Å². The molecular weight excluding hydrogens is 256 g/mol. The van der Waals surface area contributed by atoms with Gasteiger partial charge in [0.15, 0.2) is 0 Å². The van der Waals surface area contributed by atoms with Gasteiger partial charge in [0.1, 0.15) is 5.75 Å². The van der Waals surface area contributed by atoms with Crippen molar-refractivity contribution >= 4 is 17.5 Å². The predicted molar refractivity (Wildman–Crippen MR) is 76.8 cm³/mol. The Morgan fingerprint density at radius 3 is 3.05 bits per heavy atom. The first-order valence-corrected chi connectivity index (χ1v) is 7.01. The lowest BCUT2D eigenvalue weighted by Crippen LogP contribution is -2.22. The predicted octanol–water partition coefficient (Wildman–Crippen LogP) is 1.87. The summed E-state index contributed by atoms with van der Waals surface area (Å²) in [6.07, 6.45) is 2.44. The van der Waals surface area contributed by atoms with Crippen LogP contribution in [0.5, 0.6) is 5.75 Å². The van der Waals surface area contributed by atoms with Gasteiger partial charge in [0, 0.05) is 25.1 Å². The van der Waals surface area contributed by atoms with Gasteiger partial charge in [-0.2, -0.15) is 0 Å². The molecule has 0 fully saturated rings. The van der Waals surface area contributed by atoms with Gasteiger partial charge in [-0.3, -0.25) is 9.59 Å². The molecule has 2 N–H and O–H groups in total. The number of nitrogens with one attached hydrogen (secondary N) is 2. The van der Waals surface area contributed by atoms with E-state index >= 15 is 0 Å². The Labute approximate surface area is 118 Å². The summed E-state index contributed by atoms with van der Waals surface area (Å²) in [5.41, 5.74) is 1.97. The van der Waals surface area contributed by atoms with Crippen molar-refractivity contribution in [1.82, 2.24) is 5.32 Å². The summed E-state index contributed by atoms with van der Waals surface area (Å²) >= 11 is 0. The van der Waals surface area contributed by atoms with Crippen LogP contribution in [0.3, 0.4) is 0 Å². The van der Waals surface area contributed by atoms with Gasteiger partial charge in [-0.15, -0.1) is 0 Å². The molecule has 0 aromatic heterocycles. The van der Waals surface area contributed by atoms with Gasteiger partial charge in [0.05, 0.1) is 6.61 Å². The maximum Gasteiger partial charge on any atom is 0.224 e. The van der Waals surface area contributed by atoms with E-state index in [1.165, 1.54) is 0 Å². The molecule has 0 bridgehead atoms. The minimum atomic E-state index is 0.0595. The molecule has 0 spiro atoms. The molecule has 1 aliphatic heterocycles. The zero-order chi connectivity index (χ0) is 14.4. The monoisotopic (exact) mass is 276 g/mol. The van der Waals surface area contributed by atoms with Crippen molar-refractivity contribution in [2.45, 2.75) is 32.6 Å². The first-order valence-electron chi connectivity index (χ1n) is 7.01. The molecule has 5 heteroatoms. The summed E-state index contributed by atoms with van der Waals surface area (Å²) in [6, 6.07) is 5.67. The van der Waals surface area contributed by atoms with Crippen molar-refractivity contribution in [1.29, 1.82) is 0 Å². The van der Waals surface area contributed by atoms with Crippen molar-refractivity contribution in [3.05, 3.63) is 23.8 Å². The van der Waals surface area contributed by atoms with E-state index in [4.69, 9.17) is 4.74 Å².